The van der Waals surface area contributed by atoms with Gasteiger partial charge in [0.15, 0.2) is 0 Å². The molecule has 0 saturated heterocycles. The molecule has 11 heteroatoms. The van der Waals surface area contributed by atoms with Gasteiger partial charge in [0.05, 0.1) is 17.7 Å². The average molecular weight is 633 g/mol. The zero-order valence-electron chi connectivity index (χ0n) is 23.6. The van der Waals surface area contributed by atoms with Crippen LogP contribution in [-0.2, 0) is 26.2 Å². The molecule has 3 aromatic carbocycles. The van der Waals surface area contributed by atoms with E-state index >= 15 is 0 Å². The first-order valence-corrected chi connectivity index (χ1v) is 16.0. The Balaban J connectivity index is 1.68. The van der Waals surface area contributed by atoms with E-state index in [4.69, 9.17) is 27.9 Å². The van der Waals surface area contributed by atoms with Crippen molar-refractivity contribution in [3.8, 4) is 5.75 Å². The zero-order chi connectivity index (χ0) is 30.3. The first-order valence-electron chi connectivity index (χ1n) is 13.8. The topological polar surface area (TPSA) is 96.0 Å². The molecule has 4 rings (SSSR count). The third-order valence-electron chi connectivity index (χ3n) is 7.38. The molecule has 1 N–H and O–H groups in total. The number of carbonyl (C=O) groups is 2. The first kappa shape index (κ1) is 31.7. The maximum Gasteiger partial charge on any atom is 0.264 e. The molecule has 3 aromatic rings. The Morgan fingerprint density at radius 2 is 1.60 bits per heavy atom. The van der Waals surface area contributed by atoms with E-state index in [1.54, 1.807) is 49.4 Å². The molecule has 0 aromatic heterocycles. The Labute approximate surface area is 257 Å². The molecule has 1 aliphatic carbocycles. The Hall–Kier alpha value is -3.27. The molecule has 1 atom stereocenters. The van der Waals surface area contributed by atoms with Crippen molar-refractivity contribution in [1.29, 1.82) is 0 Å². The monoisotopic (exact) mass is 631 g/mol. The van der Waals surface area contributed by atoms with E-state index in [9.17, 15) is 18.0 Å². The summed E-state index contributed by atoms with van der Waals surface area (Å²) in [4.78, 5) is 28.8. The number of anilines is 1. The summed E-state index contributed by atoms with van der Waals surface area (Å²) in [5.74, 6) is -0.354. The highest BCUT2D eigenvalue weighted by molar-refractivity contribution is 7.92. The van der Waals surface area contributed by atoms with Crippen LogP contribution in [0.25, 0.3) is 0 Å². The minimum Gasteiger partial charge on any atom is -0.497 e. The van der Waals surface area contributed by atoms with Crippen molar-refractivity contribution in [3.05, 3.63) is 88.4 Å². The van der Waals surface area contributed by atoms with Gasteiger partial charge in [-0.15, -0.1) is 0 Å². The van der Waals surface area contributed by atoms with Crippen LogP contribution in [-0.4, -0.2) is 50.9 Å². The summed E-state index contributed by atoms with van der Waals surface area (Å²) >= 11 is 12.4. The van der Waals surface area contributed by atoms with Gasteiger partial charge in [0, 0.05) is 22.6 Å². The highest BCUT2D eigenvalue weighted by Crippen LogP contribution is 2.28. The second kappa shape index (κ2) is 14.3. The summed E-state index contributed by atoms with van der Waals surface area (Å²) in [6, 6.07) is 18.4. The molecular formula is C31H35Cl2N3O5S. The SMILES string of the molecule is COc1ccc(S(=O)(=O)N(CC(=O)N(Cc2cccc(Cl)c2)C(C)C(=O)NC2CCCCC2)c2cccc(Cl)c2)cc1. The number of halogens is 2. The number of ether oxygens (including phenoxy) is 1. The second-order valence-electron chi connectivity index (χ2n) is 10.3. The van der Waals surface area contributed by atoms with Crippen molar-refractivity contribution < 1.29 is 22.7 Å². The zero-order valence-corrected chi connectivity index (χ0v) is 26.0. The van der Waals surface area contributed by atoms with Gasteiger partial charge in [-0.3, -0.25) is 13.9 Å². The van der Waals surface area contributed by atoms with Crippen molar-refractivity contribution in [3.63, 3.8) is 0 Å². The largest absolute Gasteiger partial charge is 0.497 e. The lowest BCUT2D eigenvalue weighted by Crippen LogP contribution is -2.53. The number of hydrogen-bond acceptors (Lipinski definition) is 5. The van der Waals surface area contributed by atoms with Crippen LogP contribution >= 0.6 is 23.2 Å². The van der Waals surface area contributed by atoms with Crippen molar-refractivity contribution in [1.82, 2.24) is 10.2 Å². The molecular weight excluding hydrogens is 597 g/mol. The quantitative estimate of drug-likeness (QED) is 0.277. The molecule has 0 spiro atoms. The maximum atomic E-state index is 14.1. The Morgan fingerprint density at radius 3 is 2.21 bits per heavy atom. The fourth-order valence-electron chi connectivity index (χ4n) is 5.02. The van der Waals surface area contributed by atoms with Crippen LogP contribution in [0.15, 0.2) is 77.7 Å². The van der Waals surface area contributed by atoms with Gasteiger partial charge in [0.25, 0.3) is 10.0 Å². The Morgan fingerprint density at radius 1 is 0.952 bits per heavy atom. The predicted molar refractivity (Wildman–Crippen MR) is 165 cm³/mol. The van der Waals surface area contributed by atoms with Gasteiger partial charge in [-0.25, -0.2) is 8.42 Å². The van der Waals surface area contributed by atoms with Gasteiger partial charge in [0.1, 0.15) is 18.3 Å². The van der Waals surface area contributed by atoms with Crippen molar-refractivity contribution in [2.75, 3.05) is 18.0 Å². The highest BCUT2D eigenvalue weighted by atomic mass is 35.5. The first-order chi connectivity index (χ1) is 20.1. The molecule has 0 radical (unpaired) electrons. The number of nitrogens with zero attached hydrogens (tertiary/aromatic N) is 2. The van der Waals surface area contributed by atoms with Crippen LogP contribution in [0, 0.1) is 0 Å². The van der Waals surface area contributed by atoms with Crippen molar-refractivity contribution in [2.45, 2.75) is 62.6 Å². The molecule has 2 amide bonds. The molecule has 0 aliphatic heterocycles. The van der Waals surface area contributed by atoms with Gasteiger partial charge >= 0.3 is 0 Å². The summed E-state index contributed by atoms with van der Waals surface area (Å²) in [6.07, 6.45) is 5.01. The van der Waals surface area contributed by atoms with Crippen molar-refractivity contribution in [2.24, 2.45) is 0 Å². The van der Waals surface area contributed by atoms with E-state index in [0.29, 0.717) is 21.4 Å². The van der Waals surface area contributed by atoms with E-state index in [0.717, 1.165) is 36.4 Å². The number of carbonyl (C=O) groups excluding carboxylic acids is 2. The number of sulfonamides is 1. The number of rotatable bonds is 11. The summed E-state index contributed by atoms with van der Waals surface area (Å²) < 4.78 is 34.1. The molecule has 0 heterocycles. The van der Waals surface area contributed by atoms with Gasteiger partial charge in [0.2, 0.25) is 11.8 Å². The molecule has 0 bridgehead atoms. The van der Waals surface area contributed by atoms with Crippen molar-refractivity contribution >= 4 is 50.7 Å². The molecule has 1 saturated carbocycles. The van der Waals surface area contributed by atoms with Gasteiger partial charge in [-0.05, 0) is 79.9 Å². The number of hydrogen-bond donors (Lipinski definition) is 1. The number of amides is 2. The molecule has 8 nitrogen and oxygen atoms in total. The summed E-state index contributed by atoms with van der Waals surface area (Å²) in [6.45, 7) is 1.16. The number of methoxy groups -OCH3 is 1. The Bertz CT molecular complexity index is 1490. The molecule has 1 fully saturated rings. The normalized spacial score (nSPS) is 14.6. The molecule has 224 valence electrons. The fraction of sp³-hybridized carbons (Fsp3) is 0.355. The molecule has 1 unspecified atom stereocenters. The predicted octanol–water partition coefficient (Wildman–Crippen LogP) is 6.06. The van der Waals surface area contributed by atoms with E-state index < -0.39 is 28.5 Å². The van der Waals surface area contributed by atoms with Crippen LogP contribution < -0.4 is 14.4 Å². The summed E-state index contributed by atoms with van der Waals surface area (Å²) in [5.41, 5.74) is 0.925. The van der Waals surface area contributed by atoms with Crippen LogP contribution in [0.2, 0.25) is 10.0 Å². The molecule has 42 heavy (non-hydrogen) atoms. The minimum atomic E-state index is -4.22. The smallest absolute Gasteiger partial charge is 0.264 e. The Kier molecular flexibility index (Phi) is 10.8. The molecule has 1 aliphatic rings. The summed E-state index contributed by atoms with van der Waals surface area (Å²) in [7, 11) is -2.74. The van der Waals surface area contributed by atoms with E-state index in [-0.39, 0.29) is 29.1 Å². The van der Waals surface area contributed by atoms with Crippen LogP contribution in [0.1, 0.15) is 44.6 Å². The number of benzene rings is 3. The third-order valence-corrected chi connectivity index (χ3v) is 9.64. The van der Waals surface area contributed by atoms with E-state index in [1.807, 2.05) is 0 Å². The van der Waals surface area contributed by atoms with Crippen LogP contribution in [0.4, 0.5) is 5.69 Å². The lowest BCUT2D eigenvalue weighted by atomic mass is 9.95. The van der Waals surface area contributed by atoms with Gasteiger partial charge < -0.3 is 15.0 Å². The van der Waals surface area contributed by atoms with E-state index in [1.165, 1.54) is 42.3 Å². The minimum absolute atomic E-state index is 0.0273. The second-order valence-corrected chi connectivity index (χ2v) is 13.1. The van der Waals surface area contributed by atoms with Gasteiger partial charge in [-0.2, -0.15) is 0 Å². The summed E-state index contributed by atoms with van der Waals surface area (Å²) in [5, 5.41) is 3.89. The number of nitrogens with one attached hydrogen (secondary N) is 1. The highest BCUT2D eigenvalue weighted by Gasteiger charge is 2.33. The standard InChI is InChI=1S/C31H35Cl2N3O5S/c1-22(31(38)34-26-11-4-3-5-12-26)35(20-23-8-6-9-24(32)18-23)30(37)21-36(27-13-7-10-25(33)19-27)42(39,40)29-16-14-28(41-2)15-17-29/h6-10,13-19,22,26H,3-5,11-12,20-21H2,1-2H3,(H,34,38). The van der Waals surface area contributed by atoms with Crippen LogP contribution in [0.5, 0.6) is 5.75 Å². The lowest BCUT2D eigenvalue weighted by molar-refractivity contribution is -0.139. The lowest BCUT2D eigenvalue weighted by Gasteiger charge is -2.33. The average Bonchev–Trinajstić information content (AvgIpc) is 2.98. The van der Waals surface area contributed by atoms with Crippen LogP contribution in [0.3, 0.4) is 0 Å². The fourth-order valence-corrected chi connectivity index (χ4v) is 6.82. The van der Waals surface area contributed by atoms with Gasteiger partial charge in [-0.1, -0.05) is 60.7 Å². The third kappa shape index (κ3) is 7.96. The van der Waals surface area contributed by atoms with E-state index in [2.05, 4.69) is 5.32 Å². The maximum absolute atomic E-state index is 14.1.